The number of hydrogen-bond donors (Lipinski definition) is 1. The van der Waals surface area contributed by atoms with Gasteiger partial charge in [-0.2, -0.15) is 17.4 Å². The minimum absolute atomic E-state index is 0.339. The van der Waals surface area contributed by atoms with Crippen molar-refractivity contribution in [2.75, 3.05) is 13.1 Å². The minimum atomic E-state index is -3.35. The van der Waals surface area contributed by atoms with E-state index in [1.165, 1.54) is 0 Å². The standard InChI is InChI=1S/C12H21N3O2S2/c1-9-4-6-15(7-5-9)19(16,17)13-8-12-10(2)14-11(3)18-12/h9,13H,4-8H2,1-3H3. The summed E-state index contributed by atoms with van der Waals surface area (Å²) in [6, 6.07) is 0. The molecule has 7 heteroatoms. The summed E-state index contributed by atoms with van der Waals surface area (Å²) in [4.78, 5) is 5.30. The molecule has 108 valence electrons. The molecule has 0 aromatic carbocycles. The summed E-state index contributed by atoms with van der Waals surface area (Å²) in [5, 5.41) is 0.971. The van der Waals surface area contributed by atoms with E-state index in [0.29, 0.717) is 25.6 Å². The maximum absolute atomic E-state index is 12.2. The van der Waals surface area contributed by atoms with E-state index in [4.69, 9.17) is 0 Å². The van der Waals surface area contributed by atoms with E-state index in [1.54, 1.807) is 15.6 Å². The zero-order chi connectivity index (χ0) is 14.0. The first kappa shape index (κ1) is 14.9. The Morgan fingerprint density at radius 3 is 2.53 bits per heavy atom. The molecule has 0 unspecified atom stereocenters. The van der Waals surface area contributed by atoms with Crippen molar-refractivity contribution in [1.82, 2.24) is 14.0 Å². The molecule has 0 radical (unpaired) electrons. The van der Waals surface area contributed by atoms with Crippen molar-refractivity contribution < 1.29 is 8.42 Å². The van der Waals surface area contributed by atoms with Crippen LogP contribution < -0.4 is 4.72 Å². The second kappa shape index (κ2) is 5.87. The smallest absolute Gasteiger partial charge is 0.247 e. The number of aryl methyl sites for hydroxylation is 2. The molecule has 1 aromatic rings. The average molecular weight is 303 g/mol. The van der Waals surface area contributed by atoms with Crippen LogP contribution in [-0.2, 0) is 16.8 Å². The van der Waals surface area contributed by atoms with Crippen molar-refractivity contribution in [2.24, 2.45) is 5.92 Å². The van der Waals surface area contributed by atoms with Gasteiger partial charge in [-0.3, -0.25) is 0 Å². The molecule has 0 amide bonds. The molecule has 1 aliphatic heterocycles. The van der Waals surface area contributed by atoms with Gasteiger partial charge in [0.15, 0.2) is 0 Å². The molecule has 0 aliphatic carbocycles. The Morgan fingerprint density at radius 1 is 1.37 bits per heavy atom. The van der Waals surface area contributed by atoms with E-state index < -0.39 is 10.2 Å². The van der Waals surface area contributed by atoms with Crippen LogP contribution in [0.15, 0.2) is 0 Å². The number of nitrogens with one attached hydrogen (secondary N) is 1. The van der Waals surface area contributed by atoms with Gasteiger partial charge in [-0.15, -0.1) is 11.3 Å². The molecule has 1 N–H and O–H groups in total. The lowest BCUT2D eigenvalue weighted by Gasteiger charge is -2.29. The van der Waals surface area contributed by atoms with Gasteiger partial charge in [-0.25, -0.2) is 4.98 Å². The van der Waals surface area contributed by atoms with Gasteiger partial charge in [0.1, 0.15) is 0 Å². The molecule has 0 atom stereocenters. The van der Waals surface area contributed by atoms with Crippen LogP contribution in [0.25, 0.3) is 0 Å². The lowest BCUT2D eigenvalue weighted by Crippen LogP contribution is -2.44. The molecule has 1 aromatic heterocycles. The lowest BCUT2D eigenvalue weighted by atomic mass is 10.0. The van der Waals surface area contributed by atoms with Gasteiger partial charge >= 0.3 is 0 Å². The number of nitrogens with zero attached hydrogens (tertiary/aromatic N) is 2. The first-order valence-corrected chi connectivity index (χ1v) is 8.82. The van der Waals surface area contributed by atoms with E-state index in [-0.39, 0.29) is 0 Å². The van der Waals surface area contributed by atoms with E-state index in [9.17, 15) is 8.42 Å². The molecule has 19 heavy (non-hydrogen) atoms. The van der Waals surface area contributed by atoms with Crippen LogP contribution in [-0.4, -0.2) is 30.8 Å². The molecule has 2 rings (SSSR count). The van der Waals surface area contributed by atoms with Crippen LogP contribution in [0.2, 0.25) is 0 Å². The largest absolute Gasteiger partial charge is 0.279 e. The van der Waals surface area contributed by atoms with Gasteiger partial charge in [-0.1, -0.05) is 6.92 Å². The normalized spacial score (nSPS) is 18.9. The molecule has 5 nitrogen and oxygen atoms in total. The van der Waals surface area contributed by atoms with Crippen LogP contribution in [0.3, 0.4) is 0 Å². The topological polar surface area (TPSA) is 62.3 Å². The van der Waals surface area contributed by atoms with E-state index >= 15 is 0 Å². The average Bonchev–Trinajstić information content (AvgIpc) is 2.66. The third-order valence-electron chi connectivity index (χ3n) is 3.50. The van der Waals surface area contributed by atoms with E-state index in [1.807, 2.05) is 13.8 Å². The quantitative estimate of drug-likeness (QED) is 0.923. The highest BCUT2D eigenvalue weighted by atomic mass is 32.2. The number of piperidine rings is 1. The summed E-state index contributed by atoms with van der Waals surface area (Å²) in [6.45, 7) is 7.60. The van der Waals surface area contributed by atoms with Crippen molar-refractivity contribution in [2.45, 2.75) is 40.2 Å². The SMILES string of the molecule is Cc1nc(C)c(CNS(=O)(=O)N2CCC(C)CC2)s1. The van der Waals surface area contributed by atoms with Gasteiger partial charge < -0.3 is 0 Å². The highest BCUT2D eigenvalue weighted by molar-refractivity contribution is 7.87. The van der Waals surface area contributed by atoms with Crippen molar-refractivity contribution in [3.63, 3.8) is 0 Å². The van der Waals surface area contributed by atoms with Crippen LogP contribution in [0, 0.1) is 19.8 Å². The monoisotopic (exact) mass is 303 g/mol. The summed E-state index contributed by atoms with van der Waals surface area (Å²) in [5.41, 5.74) is 0.914. The maximum Gasteiger partial charge on any atom is 0.279 e. The zero-order valence-electron chi connectivity index (χ0n) is 11.6. The second-order valence-electron chi connectivity index (χ2n) is 5.15. The third-order valence-corrected chi connectivity index (χ3v) is 6.12. The Bertz CT molecular complexity index is 531. The van der Waals surface area contributed by atoms with Crippen molar-refractivity contribution in [1.29, 1.82) is 0 Å². The molecule has 2 heterocycles. The van der Waals surface area contributed by atoms with Crippen LogP contribution in [0.1, 0.15) is 35.3 Å². The molecule has 1 saturated heterocycles. The number of hydrogen-bond acceptors (Lipinski definition) is 4. The predicted molar refractivity (Wildman–Crippen MR) is 77.3 cm³/mol. The zero-order valence-corrected chi connectivity index (χ0v) is 13.3. The van der Waals surface area contributed by atoms with Crippen molar-refractivity contribution >= 4 is 21.5 Å². The molecule has 0 spiro atoms. The van der Waals surface area contributed by atoms with E-state index in [0.717, 1.165) is 28.4 Å². The fraction of sp³-hybridized carbons (Fsp3) is 0.750. The number of thiazole rings is 1. The maximum atomic E-state index is 12.2. The first-order chi connectivity index (χ1) is 8.88. The summed E-state index contributed by atoms with van der Waals surface area (Å²) < 4.78 is 28.6. The predicted octanol–water partition coefficient (Wildman–Crippen LogP) is 1.83. The molecule has 0 saturated carbocycles. The summed E-state index contributed by atoms with van der Waals surface area (Å²) in [6.07, 6.45) is 1.89. The van der Waals surface area contributed by atoms with E-state index in [2.05, 4.69) is 16.6 Å². The lowest BCUT2D eigenvalue weighted by molar-refractivity contribution is 0.285. The molecule has 0 bridgehead atoms. The third kappa shape index (κ3) is 3.75. The molecule has 1 fully saturated rings. The fourth-order valence-electron chi connectivity index (χ4n) is 2.21. The van der Waals surface area contributed by atoms with Gasteiger partial charge in [-0.05, 0) is 32.6 Å². The first-order valence-electron chi connectivity index (χ1n) is 6.56. The van der Waals surface area contributed by atoms with Gasteiger partial charge in [0.25, 0.3) is 10.2 Å². The molecular formula is C12H21N3O2S2. The van der Waals surface area contributed by atoms with Crippen LogP contribution >= 0.6 is 11.3 Å². The van der Waals surface area contributed by atoms with Crippen molar-refractivity contribution in [3.05, 3.63) is 15.6 Å². The highest BCUT2D eigenvalue weighted by Gasteiger charge is 2.26. The fourth-order valence-corrected chi connectivity index (χ4v) is 4.38. The second-order valence-corrected chi connectivity index (χ2v) is 8.19. The Morgan fingerprint density at radius 2 is 2.00 bits per heavy atom. The number of rotatable bonds is 4. The minimum Gasteiger partial charge on any atom is -0.247 e. The summed E-state index contributed by atoms with van der Waals surface area (Å²) in [7, 11) is -3.35. The highest BCUT2D eigenvalue weighted by Crippen LogP contribution is 2.20. The molecular weight excluding hydrogens is 282 g/mol. The molecule has 1 aliphatic rings. The summed E-state index contributed by atoms with van der Waals surface area (Å²) >= 11 is 1.55. The Hall–Kier alpha value is -0.500. The van der Waals surface area contributed by atoms with Gasteiger partial charge in [0.05, 0.1) is 10.7 Å². The van der Waals surface area contributed by atoms with Crippen LogP contribution in [0.4, 0.5) is 0 Å². The van der Waals surface area contributed by atoms with Crippen molar-refractivity contribution in [3.8, 4) is 0 Å². The Labute approximate surface area is 119 Å². The van der Waals surface area contributed by atoms with Crippen LogP contribution in [0.5, 0.6) is 0 Å². The Kier molecular flexibility index (Phi) is 4.60. The number of aromatic nitrogens is 1. The Balaban J connectivity index is 1.96. The van der Waals surface area contributed by atoms with Gasteiger partial charge in [0, 0.05) is 24.5 Å². The van der Waals surface area contributed by atoms with Gasteiger partial charge in [0.2, 0.25) is 0 Å². The summed E-state index contributed by atoms with van der Waals surface area (Å²) in [5.74, 6) is 0.623.